The van der Waals surface area contributed by atoms with Gasteiger partial charge in [0.25, 0.3) is 0 Å². The van der Waals surface area contributed by atoms with Gasteiger partial charge in [-0.2, -0.15) is 0 Å². The van der Waals surface area contributed by atoms with Crippen LogP contribution >= 0.6 is 0 Å². The molecule has 1 atom stereocenters. The predicted molar refractivity (Wildman–Crippen MR) is 175 cm³/mol. The molecule has 43 heavy (non-hydrogen) atoms. The number of hydrogen-bond acceptors (Lipinski definition) is 8. The van der Waals surface area contributed by atoms with Crippen molar-refractivity contribution in [3.8, 4) is 23.0 Å². The van der Waals surface area contributed by atoms with Gasteiger partial charge in [-0.25, -0.2) is 4.79 Å². The molecule has 0 fully saturated rings. The molecule has 10 heteroatoms. The third kappa shape index (κ3) is 10.9. The summed E-state index contributed by atoms with van der Waals surface area (Å²) in [7, 11) is -0.864. The van der Waals surface area contributed by atoms with Crippen LogP contribution in [0, 0.1) is 12.8 Å². The van der Waals surface area contributed by atoms with Crippen molar-refractivity contribution in [2.75, 3.05) is 33.9 Å². The lowest BCUT2D eigenvalue weighted by Crippen LogP contribution is -2.22. The molecule has 8 nitrogen and oxygen atoms in total. The normalized spacial score (nSPS) is 14.3. The molecule has 0 bridgehead atoms. The molecule has 1 aliphatic heterocycles. The first kappa shape index (κ1) is 35.1. The van der Waals surface area contributed by atoms with Gasteiger partial charge >= 0.3 is 5.97 Å². The molecule has 0 amide bonds. The molecule has 0 saturated carbocycles. The van der Waals surface area contributed by atoms with Crippen molar-refractivity contribution in [1.82, 2.24) is 0 Å². The number of fused-ring (bicyclic) bond motifs is 2. The van der Waals surface area contributed by atoms with E-state index in [2.05, 4.69) is 53.1 Å². The largest absolute Gasteiger partial charge is 0.495 e. The molecule has 3 rings (SSSR count). The van der Waals surface area contributed by atoms with E-state index in [1.165, 1.54) is 0 Å². The predicted octanol–water partition coefficient (Wildman–Crippen LogP) is 8.57. The SMILES string of the molecule is COc1c([C@H](CC(C)C)OCOCC[Si](C)(C)C)ccc2c1C(=O)OCc1cc(C)cc(OCOCC[Si](C)(C)C)c1O2. The lowest BCUT2D eigenvalue weighted by Gasteiger charge is -2.26. The van der Waals surface area contributed by atoms with Gasteiger partial charge < -0.3 is 33.2 Å². The van der Waals surface area contributed by atoms with Gasteiger partial charge in [0.2, 0.25) is 0 Å². The van der Waals surface area contributed by atoms with Crippen molar-refractivity contribution in [1.29, 1.82) is 0 Å². The van der Waals surface area contributed by atoms with E-state index in [4.69, 9.17) is 33.2 Å². The van der Waals surface area contributed by atoms with Crippen LogP contribution in [0.4, 0.5) is 0 Å². The molecule has 0 aliphatic carbocycles. The minimum Gasteiger partial charge on any atom is -0.495 e. The fourth-order valence-electron chi connectivity index (χ4n) is 4.62. The quantitative estimate of drug-likeness (QED) is 0.0788. The van der Waals surface area contributed by atoms with Crippen LogP contribution in [0.2, 0.25) is 51.4 Å². The number of aryl methyl sites for hydroxylation is 1. The average Bonchev–Trinajstić information content (AvgIpc) is 2.89. The van der Waals surface area contributed by atoms with Crippen molar-refractivity contribution in [3.05, 3.63) is 46.5 Å². The minimum absolute atomic E-state index is 0.0341. The maximum absolute atomic E-state index is 13.4. The Morgan fingerprint density at radius 3 is 2.19 bits per heavy atom. The Labute approximate surface area is 260 Å². The molecule has 0 radical (unpaired) electrons. The van der Waals surface area contributed by atoms with Gasteiger partial charge in [-0.05, 0) is 61.2 Å². The number of carbonyl (C=O) groups excluding carboxylic acids is 1. The Hall–Kier alpha value is -2.38. The van der Waals surface area contributed by atoms with Crippen molar-refractivity contribution >= 4 is 22.1 Å². The van der Waals surface area contributed by atoms with Crippen LogP contribution in [-0.4, -0.2) is 56.0 Å². The van der Waals surface area contributed by atoms with Crippen molar-refractivity contribution in [2.24, 2.45) is 5.92 Å². The van der Waals surface area contributed by atoms with Gasteiger partial charge in [0.05, 0.1) is 13.2 Å². The highest BCUT2D eigenvalue weighted by Crippen LogP contribution is 2.45. The molecule has 240 valence electrons. The second-order valence-corrected chi connectivity index (χ2v) is 25.3. The maximum Gasteiger partial charge on any atom is 0.346 e. The van der Waals surface area contributed by atoms with Crippen LogP contribution < -0.4 is 14.2 Å². The minimum atomic E-state index is -1.21. The van der Waals surface area contributed by atoms with Crippen molar-refractivity contribution in [2.45, 2.75) is 91.3 Å². The molecule has 0 saturated heterocycles. The average molecular weight is 633 g/mol. The number of hydrogen-bond donors (Lipinski definition) is 0. The van der Waals surface area contributed by atoms with Crippen LogP contribution in [-0.2, 0) is 25.6 Å². The lowest BCUT2D eigenvalue weighted by atomic mass is 9.96. The van der Waals surface area contributed by atoms with E-state index < -0.39 is 22.1 Å². The summed E-state index contributed by atoms with van der Waals surface area (Å²) < 4.78 is 42.0. The van der Waals surface area contributed by atoms with Crippen LogP contribution in [0.15, 0.2) is 24.3 Å². The molecule has 0 spiro atoms. The van der Waals surface area contributed by atoms with Gasteiger partial charge in [0, 0.05) is 40.5 Å². The summed E-state index contributed by atoms with van der Waals surface area (Å²) in [6.07, 6.45) is 0.382. The first-order chi connectivity index (χ1) is 20.2. The summed E-state index contributed by atoms with van der Waals surface area (Å²) in [5.74, 6) is 1.55. The zero-order chi connectivity index (χ0) is 31.8. The lowest BCUT2D eigenvalue weighted by molar-refractivity contribution is -0.0936. The number of rotatable bonds is 16. The van der Waals surface area contributed by atoms with Gasteiger partial charge in [0.1, 0.15) is 30.5 Å². The Balaban J connectivity index is 1.89. The van der Waals surface area contributed by atoms with E-state index in [1.54, 1.807) is 13.2 Å². The summed E-state index contributed by atoms with van der Waals surface area (Å²) >= 11 is 0. The van der Waals surface area contributed by atoms with Crippen LogP contribution in [0.1, 0.15) is 53.4 Å². The fourth-order valence-corrected chi connectivity index (χ4v) is 6.14. The molecular formula is C33H52O8Si2. The first-order valence-electron chi connectivity index (χ1n) is 15.3. The molecule has 0 aromatic heterocycles. The zero-order valence-electron chi connectivity index (χ0n) is 27.9. The fraction of sp³-hybridized carbons (Fsp3) is 0.606. The monoisotopic (exact) mass is 632 g/mol. The van der Waals surface area contributed by atoms with E-state index in [0.29, 0.717) is 42.1 Å². The third-order valence-electron chi connectivity index (χ3n) is 7.08. The van der Waals surface area contributed by atoms with E-state index >= 15 is 0 Å². The highest BCUT2D eigenvalue weighted by molar-refractivity contribution is 6.76. The van der Waals surface area contributed by atoms with E-state index in [-0.39, 0.29) is 31.9 Å². The Morgan fingerprint density at radius 2 is 1.58 bits per heavy atom. The van der Waals surface area contributed by atoms with Gasteiger partial charge in [-0.15, -0.1) is 0 Å². The van der Waals surface area contributed by atoms with Crippen LogP contribution in [0.5, 0.6) is 23.0 Å². The van der Waals surface area contributed by atoms with E-state index in [9.17, 15) is 4.79 Å². The number of carbonyl (C=O) groups is 1. The second kappa shape index (κ2) is 15.6. The van der Waals surface area contributed by atoms with Crippen molar-refractivity contribution < 1.29 is 38.0 Å². The number of cyclic esters (lactones) is 1. The summed E-state index contributed by atoms with van der Waals surface area (Å²) in [6, 6.07) is 9.64. The van der Waals surface area contributed by atoms with Gasteiger partial charge in [-0.1, -0.05) is 53.1 Å². The summed E-state index contributed by atoms with van der Waals surface area (Å²) in [5.41, 5.74) is 2.66. The summed E-state index contributed by atoms with van der Waals surface area (Å²) in [6.45, 7) is 21.7. The summed E-state index contributed by atoms with van der Waals surface area (Å²) in [4.78, 5) is 13.4. The molecule has 1 heterocycles. The maximum atomic E-state index is 13.4. The Kier molecular flexibility index (Phi) is 12.7. The Morgan fingerprint density at radius 1 is 0.930 bits per heavy atom. The molecular weight excluding hydrogens is 581 g/mol. The van der Waals surface area contributed by atoms with E-state index in [1.807, 2.05) is 25.1 Å². The standard InChI is InChI=1S/C33H52O8Si2/c1-23(2)17-28(39-21-36-13-15-42(5,6)7)26-11-12-27-30(32(26)35-4)33(34)38-20-25-18-24(3)19-29(31(25)41-27)40-22-37-14-16-43(8,9)10/h11-12,18-19,23,28H,13-17,20-22H2,1-10H3/t28-/m0/s1. The molecule has 2 aromatic carbocycles. The van der Waals surface area contributed by atoms with Crippen LogP contribution in [0.25, 0.3) is 0 Å². The molecule has 0 unspecified atom stereocenters. The topological polar surface area (TPSA) is 81.7 Å². The van der Waals surface area contributed by atoms with Gasteiger partial charge in [0.15, 0.2) is 18.3 Å². The number of benzene rings is 2. The zero-order valence-corrected chi connectivity index (χ0v) is 29.9. The highest BCUT2D eigenvalue weighted by atomic mass is 28.3. The Bertz CT molecular complexity index is 1220. The number of ether oxygens (including phenoxy) is 7. The first-order valence-corrected chi connectivity index (χ1v) is 22.7. The third-order valence-corrected chi connectivity index (χ3v) is 10.5. The number of esters is 1. The number of methoxy groups -OCH3 is 1. The smallest absolute Gasteiger partial charge is 0.346 e. The van der Waals surface area contributed by atoms with E-state index in [0.717, 1.165) is 35.2 Å². The second-order valence-electron chi connectivity index (χ2n) is 14.1. The van der Waals surface area contributed by atoms with Crippen molar-refractivity contribution in [3.63, 3.8) is 0 Å². The molecule has 2 aromatic rings. The highest BCUT2D eigenvalue weighted by Gasteiger charge is 2.31. The summed E-state index contributed by atoms with van der Waals surface area (Å²) in [5, 5.41) is 0. The molecule has 1 aliphatic rings. The van der Waals surface area contributed by atoms with Crippen LogP contribution in [0.3, 0.4) is 0 Å². The van der Waals surface area contributed by atoms with Gasteiger partial charge in [-0.3, -0.25) is 0 Å². The molecule has 0 N–H and O–H groups in total.